The van der Waals surface area contributed by atoms with Gasteiger partial charge in [0.15, 0.2) is 5.65 Å². The van der Waals surface area contributed by atoms with Gasteiger partial charge in [0.05, 0.1) is 16.6 Å². The van der Waals surface area contributed by atoms with Crippen LogP contribution in [0.1, 0.15) is 54.0 Å². The van der Waals surface area contributed by atoms with Crippen LogP contribution in [0.4, 0.5) is 5.82 Å². The van der Waals surface area contributed by atoms with E-state index in [4.69, 9.17) is 4.98 Å². The molecular weight excluding hydrogens is 370 g/mol. The molecule has 0 saturated carbocycles. The van der Waals surface area contributed by atoms with Crippen LogP contribution in [0, 0.1) is 32.1 Å². The molecular formula is C25H33N5. The van der Waals surface area contributed by atoms with E-state index in [1.807, 2.05) is 0 Å². The smallest absolute Gasteiger partial charge is 0.157 e. The Bertz CT molecular complexity index is 1150. The molecule has 1 atom stereocenters. The van der Waals surface area contributed by atoms with Crippen molar-refractivity contribution in [2.45, 2.75) is 59.4 Å². The summed E-state index contributed by atoms with van der Waals surface area (Å²) in [6, 6.07) is 7.44. The fourth-order valence-corrected chi connectivity index (χ4v) is 4.81. The normalized spacial score (nSPS) is 16.9. The predicted octanol–water partition coefficient (Wildman–Crippen LogP) is 4.77. The molecule has 158 valence electrons. The number of aryl methyl sites for hydroxylation is 2. The van der Waals surface area contributed by atoms with Crippen molar-refractivity contribution >= 4 is 22.5 Å². The number of hydrogen-bond acceptors (Lipinski definition) is 4. The molecule has 0 bridgehead atoms. The van der Waals surface area contributed by atoms with Crippen LogP contribution in [0.25, 0.3) is 16.7 Å². The summed E-state index contributed by atoms with van der Waals surface area (Å²) < 4.78 is 2.29. The highest BCUT2D eigenvalue weighted by Gasteiger charge is 2.30. The second-order valence-corrected chi connectivity index (χ2v) is 9.07. The summed E-state index contributed by atoms with van der Waals surface area (Å²) in [5.41, 5.74) is 8.54. The van der Waals surface area contributed by atoms with Gasteiger partial charge in [-0.05, 0) is 88.5 Å². The molecule has 1 aliphatic heterocycles. The van der Waals surface area contributed by atoms with E-state index in [0.717, 1.165) is 66.6 Å². The lowest BCUT2D eigenvalue weighted by atomic mass is 9.99. The van der Waals surface area contributed by atoms with Gasteiger partial charge in [-0.1, -0.05) is 13.3 Å². The first-order chi connectivity index (χ1) is 14.4. The Morgan fingerprint density at radius 1 is 1.20 bits per heavy atom. The van der Waals surface area contributed by atoms with Gasteiger partial charge in [-0.25, -0.2) is 4.98 Å². The van der Waals surface area contributed by atoms with E-state index >= 15 is 0 Å². The highest BCUT2D eigenvalue weighted by Crippen LogP contribution is 2.36. The van der Waals surface area contributed by atoms with Crippen molar-refractivity contribution in [3.8, 4) is 6.07 Å². The monoisotopic (exact) mass is 403 g/mol. The molecule has 1 fully saturated rings. The van der Waals surface area contributed by atoms with Gasteiger partial charge < -0.3 is 9.80 Å². The fourth-order valence-electron chi connectivity index (χ4n) is 4.81. The third-order valence-electron chi connectivity index (χ3n) is 6.89. The molecule has 2 aromatic heterocycles. The van der Waals surface area contributed by atoms with Crippen molar-refractivity contribution in [3.05, 3.63) is 39.9 Å². The lowest BCUT2D eigenvalue weighted by molar-refractivity contribution is 0.315. The molecule has 3 heterocycles. The molecule has 0 radical (unpaired) electrons. The van der Waals surface area contributed by atoms with Gasteiger partial charge >= 0.3 is 0 Å². The standard InChI is InChI=1S/C25H33N5/c1-7-8-9-20-18(4)21(14-26)24-27-22-12-16(2)17(3)13-23(22)30(24)25(20)29-11-10-19(15-29)28(5)6/h12-13,19H,7-11,15H2,1-6H3/t19-/m0/s1. The number of hydrogen-bond donors (Lipinski definition) is 0. The first kappa shape index (κ1) is 20.7. The summed E-state index contributed by atoms with van der Waals surface area (Å²) in [5.74, 6) is 1.25. The quantitative estimate of drug-likeness (QED) is 0.616. The first-order valence-electron chi connectivity index (χ1n) is 11.1. The highest BCUT2D eigenvalue weighted by atomic mass is 15.3. The SMILES string of the molecule is CCCCc1c(C)c(C#N)c2nc3cc(C)c(C)cc3n2c1N1CC[C@H](N(C)C)C1. The van der Waals surface area contributed by atoms with Gasteiger partial charge in [0.25, 0.3) is 0 Å². The molecule has 0 amide bonds. The first-order valence-corrected chi connectivity index (χ1v) is 11.1. The minimum atomic E-state index is 0.550. The van der Waals surface area contributed by atoms with E-state index in [1.165, 1.54) is 22.5 Å². The molecule has 3 aromatic rings. The number of likely N-dealkylation sites (N-methyl/N-ethyl adjacent to an activating group) is 1. The summed E-state index contributed by atoms with van der Waals surface area (Å²) in [5, 5.41) is 10.0. The summed E-state index contributed by atoms with van der Waals surface area (Å²) in [7, 11) is 4.34. The number of anilines is 1. The third-order valence-corrected chi connectivity index (χ3v) is 6.89. The average Bonchev–Trinajstić information content (AvgIpc) is 3.32. The number of fused-ring (bicyclic) bond motifs is 3. The Kier molecular flexibility index (Phi) is 5.46. The van der Waals surface area contributed by atoms with Crippen LogP contribution in [0.3, 0.4) is 0 Å². The minimum absolute atomic E-state index is 0.550. The Morgan fingerprint density at radius 2 is 1.93 bits per heavy atom. The molecule has 0 aliphatic carbocycles. The molecule has 1 saturated heterocycles. The maximum Gasteiger partial charge on any atom is 0.157 e. The Morgan fingerprint density at radius 3 is 2.57 bits per heavy atom. The van der Waals surface area contributed by atoms with Crippen molar-refractivity contribution in [1.29, 1.82) is 5.26 Å². The number of nitriles is 1. The Hall–Kier alpha value is -2.58. The van der Waals surface area contributed by atoms with Crippen LogP contribution in [0.2, 0.25) is 0 Å². The predicted molar refractivity (Wildman–Crippen MR) is 125 cm³/mol. The van der Waals surface area contributed by atoms with Gasteiger partial charge in [-0.15, -0.1) is 0 Å². The van der Waals surface area contributed by atoms with Gasteiger partial charge in [0.2, 0.25) is 0 Å². The molecule has 0 spiro atoms. The molecule has 0 unspecified atom stereocenters. The van der Waals surface area contributed by atoms with Gasteiger partial charge in [0, 0.05) is 19.1 Å². The molecule has 5 nitrogen and oxygen atoms in total. The third kappa shape index (κ3) is 3.24. The van der Waals surface area contributed by atoms with Crippen LogP contribution in [0.5, 0.6) is 0 Å². The number of rotatable bonds is 5. The molecule has 0 N–H and O–H groups in total. The van der Waals surface area contributed by atoms with Crippen LogP contribution in [0.15, 0.2) is 12.1 Å². The van der Waals surface area contributed by atoms with Crippen molar-refractivity contribution < 1.29 is 0 Å². The summed E-state index contributed by atoms with van der Waals surface area (Å²) >= 11 is 0. The van der Waals surface area contributed by atoms with Crippen molar-refractivity contribution in [2.24, 2.45) is 0 Å². The number of pyridine rings is 1. The Labute approximate surface area is 179 Å². The van der Waals surface area contributed by atoms with Crippen molar-refractivity contribution in [2.75, 3.05) is 32.1 Å². The molecule has 4 rings (SSSR count). The average molecular weight is 404 g/mol. The highest BCUT2D eigenvalue weighted by molar-refractivity contribution is 5.87. The van der Waals surface area contributed by atoms with Crippen molar-refractivity contribution in [1.82, 2.24) is 14.3 Å². The Balaban J connectivity index is 2.07. The molecule has 1 aromatic carbocycles. The van der Waals surface area contributed by atoms with Crippen molar-refractivity contribution in [3.63, 3.8) is 0 Å². The van der Waals surface area contributed by atoms with Gasteiger partial charge in [-0.2, -0.15) is 5.26 Å². The van der Waals surface area contributed by atoms with E-state index in [0.29, 0.717) is 6.04 Å². The lowest BCUT2D eigenvalue weighted by Gasteiger charge is -2.27. The number of nitrogens with zero attached hydrogens (tertiary/aromatic N) is 5. The zero-order chi connectivity index (χ0) is 21.6. The fraction of sp³-hybridized carbons (Fsp3) is 0.520. The van der Waals surface area contributed by atoms with Crippen LogP contribution in [-0.4, -0.2) is 47.5 Å². The van der Waals surface area contributed by atoms with Crippen LogP contribution >= 0.6 is 0 Å². The second kappa shape index (κ2) is 7.92. The van der Waals surface area contributed by atoms with Gasteiger partial charge in [-0.3, -0.25) is 4.40 Å². The summed E-state index contributed by atoms with van der Waals surface area (Å²) in [6.07, 6.45) is 4.42. The molecule has 1 aliphatic rings. The largest absolute Gasteiger partial charge is 0.356 e. The lowest BCUT2D eigenvalue weighted by Crippen LogP contribution is -2.32. The van der Waals surface area contributed by atoms with Crippen LogP contribution in [-0.2, 0) is 6.42 Å². The van der Waals surface area contributed by atoms with E-state index in [2.05, 4.69) is 74.2 Å². The van der Waals surface area contributed by atoms with E-state index in [9.17, 15) is 5.26 Å². The topological polar surface area (TPSA) is 47.6 Å². The number of imidazole rings is 1. The van der Waals surface area contributed by atoms with E-state index < -0.39 is 0 Å². The number of unbranched alkanes of at least 4 members (excludes halogenated alkanes) is 1. The van der Waals surface area contributed by atoms with Crippen LogP contribution < -0.4 is 4.90 Å². The maximum absolute atomic E-state index is 10.0. The minimum Gasteiger partial charge on any atom is -0.356 e. The van der Waals surface area contributed by atoms with Gasteiger partial charge in [0.1, 0.15) is 11.9 Å². The summed E-state index contributed by atoms with van der Waals surface area (Å²) in [6.45, 7) is 10.7. The number of benzene rings is 1. The van der Waals surface area contributed by atoms with E-state index in [1.54, 1.807) is 0 Å². The zero-order valence-electron chi connectivity index (χ0n) is 19.2. The number of aromatic nitrogens is 2. The maximum atomic E-state index is 10.0. The molecule has 5 heteroatoms. The summed E-state index contributed by atoms with van der Waals surface area (Å²) in [4.78, 5) is 9.83. The van der Waals surface area contributed by atoms with E-state index in [-0.39, 0.29) is 0 Å². The second-order valence-electron chi connectivity index (χ2n) is 9.07. The molecule has 30 heavy (non-hydrogen) atoms. The zero-order valence-corrected chi connectivity index (χ0v) is 19.2.